The minimum Gasteiger partial charge on any atom is -0.442 e. The van der Waals surface area contributed by atoms with Crippen LogP contribution in [0.5, 0.6) is 0 Å². The molecular formula is C16H10N4O. The standard InChI is InChI=1S/C16H10N4O/c1-2-12(7-13-8-17-4-3-11(1)13)14-9-19-15(20-10-14)16-18-5-6-21-16/h1-10H. The summed E-state index contributed by atoms with van der Waals surface area (Å²) < 4.78 is 5.18. The zero-order valence-corrected chi connectivity index (χ0v) is 11.0. The van der Waals surface area contributed by atoms with Crippen molar-refractivity contribution in [2.45, 2.75) is 0 Å². The normalized spacial score (nSPS) is 10.9. The molecule has 0 bridgehead atoms. The second-order valence-corrected chi connectivity index (χ2v) is 4.57. The molecule has 0 fully saturated rings. The lowest BCUT2D eigenvalue weighted by molar-refractivity contribution is 0.569. The van der Waals surface area contributed by atoms with Gasteiger partial charge in [0.15, 0.2) is 0 Å². The molecule has 100 valence electrons. The second kappa shape index (κ2) is 4.79. The highest BCUT2D eigenvalue weighted by Crippen LogP contribution is 2.23. The number of oxazole rings is 1. The predicted octanol–water partition coefficient (Wildman–Crippen LogP) is 3.35. The summed E-state index contributed by atoms with van der Waals surface area (Å²) in [4.78, 5) is 16.8. The summed E-state index contributed by atoms with van der Waals surface area (Å²) in [6.45, 7) is 0. The Morgan fingerprint density at radius 2 is 1.67 bits per heavy atom. The van der Waals surface area contributed by atoms with Crippen LogP contribution in [0.1, 0.15) is 0 Å². The van der Waals surface area contributed by atoms with Gasteiger partial charge in [-0.25, -0.2) is 15.0 Å². The lowest BCUT2D eigenvalue weighted by Crippen LogP contribution is -1.90. The van der Waals surface area contributed by atoms with Crippen LogP contribution in [0.3, 0.4) is 0 Å². The first kappa shape index (κ1) is 11.7. The van der Waals surface area contributed by atoms with Crippen molar-refractivity contribution >= 4 is 10.8 Å². The first-order valence-electron chi connectivity index (χ1n) is 6.46. The number of benzene rings is 1. The van der Waals surface area contributed by atoms with Crippen molar-refractivity contribution in [1.82, 2.24) is 19.9 Å². The molecular weight excluding hydrogens is 264 g/mol. The van der Waals surface area contributed by atoms with Gasteiger partial charge >= 0.3 is 0 Å². The molecule has 0 amide bonds. The summed E-state index contributed by atoms with van der Waals surface area (Å²) in [6, 6.07) is 8.17. The molecule has 0 aliphatic rings. The number of pyridine rings is 1. The molecule has 5 heteroatoms. The van der Waals surface area contributed by atoms with Gasteiger partial charge in [-0.1, -0.05) is 12.1 Å². The molecule has 0 aliphatic heterocycles. The SMILES string of the molecule is c1cc2ccc(-c3cnc(-c4ncco4)nc3)cc2cn1. The fourth-order valence-corrected chi connectivity index (χ4v) is 2.19. The third-order valence-electron chi connectivity index (χ3n) is 3.25. The lowest BCUT2D eigenvalue weighted by Gasteiger charge is -2.03. The van der Waals surface area contributed by atoms with Gasteiger partial charge in [-0.2, -0.15) is 0 Å². The molecule has 0 spiro atoms. The van der Waals surface area contributed by atoms with E-state index in [9.17, 15) is 0 Å². The van der Waals surface area contributed by atoms with Crippen LogP contribution >= 0.6 is 0 Å². The Morgan fingerprint density at radius 3 is 2.48 bits per heavy atom. The Morgan fingerprint density at radius 1 is 0.762 bits per heavy atom. The van der Waals surface area contributed by atoms with E-state index in [1.165, 1.54) is 6.26 Å². The summed E-state index contributed by atoms with van der Waals surface area (Å²) in [5, 5.41) is 2.25. The molecule has 0 saturated carbocycles. The van der Waals surface area contributed by atoms with Crippen molar-refractivity contribution in [2.75, 3.05) is 0 Å². The van der Waals surface area contributed by atoms with Gasteiger partial charge in [0.05, 0.1) is 6.20 Å². The first-order valence-corrected chi connectivity index (χ1v) is 6.46. The highest BCUT2D eigenvalue weighted by molar-refractivity contribution is 5.86. The van der Waals surface area contributed by atoms with Crippen LogP contribution in [0.15, 0.2) is 65.9 Å². The number of nitrogens with zero attached hydrogens (tertiary/aromatic N) is 4. The number of hydrogen-bond acceptors (Lipinski definition) is 5. The minimum absolute atomic E-state index is 0.421. The van der Waals surface area contributed by atoms with E-state index in [1.807, 2.05) is 18.3 Å². The van der Waals surface area contributed by atoms with Crippen LogP contribution in [-0.4, -0.2) is 19.9 Å². The smallest absolute Gasteiger partial charge is 0.264 e. The lowest BCUT2D eigenvalue weighted by atomic mass is 10.1. The van der Waals surface area contributed by atoms with Crippen molar-refractivity contribution in [3.8, 4) is 22.8 Å². The second-order valence-electron chi connectivity index (χ2n) is 4.57. The Bertz CT molecular complexity index is 886. The van der Waals surface area contributed by atoms with Crippen LogP contribution in [-0.2, 0) is 0 Å². The molecule has 21 heavy (non-hydrogen) atoms. The van der Waals surface area contributed by atoms with Crippen molar-refractivity contribution in [1.29, 1.82) is 0 Å². The molecule has 0 N–H and O–H groups in total. The molecule has 0 unspecified atom stereocenters. The maximum absolute atomic E-state index is 5.18. The molecule has 1 aromatic carbocycles. The van der Waals surface area contributed by atoms with E-state index in [2.05, 4.69) is 32.1 Å². The van der Waals surface area contributed by atoms with Gasteiger partial charge in [0.25, 0.3) is 5.89 Å². The number of fused-ring (bicyclic) bond motifs is 1. The summed E-state index contributed by atoms with van der Waals surface area (Å²) >= 11 is 0. The molecule has 0 saturated heterocycles. The summed E-state index contributed by atoms with van der Waals surface area (Å²) in [5.41, 5.74) is 1.99. The van der Waals surface area contributed by atoms with Gasteiger partial charge in [-0.3, -0.25) is 4.98 Å². The van der Waals surface area contributed by atoms with Gasteiger partial charge in [0, 0.05) is 35.7 Å². The van der Waals surface area contributed by atoms with Crippen LogP contribution in [0.4, 0.5) is 0 Å². The highest BCUT2D eigenvalue weighted by Gasteiger charge is 2.07. The maximum atomic E-state index is 5.18. The van der Waals surface area contributed by atoms with Crippen LogP contribution in [0, 0.1) is 0 Å². The molecule has 0 atom stereocenters. The minimum atomic E-state index is 0.421. The number of hydrogen-bond donors (Lipinski definition) is 0. The molecule has 5 nitrogen and oxygen atoms in total. The largest absolute Gasteiger partial charge is 0.442 e. The molecule has 4 rings (SSSR count). The average Bonchev–Trinajstić information content (AvgIpc) is 3.09. The average molecular weight is 274 g/mol. The monoisotopic (exact) mass is 274 g/mol. The predicted molar refractivity (Wildman–Crippen MR) is 78.3 cm³/mol. The third kappa shape index (κ3) is 2.14. The van der Waals surface area contributed by atoms with Gasteiger partial charge in [-0.05, 0) is 23.1 Å². The molecule has 3 aromatic heterocycles. The Kier molecular flexibility index (Phi) is 2.67. The number of aromatic nitrogens is 4. The zero-order chi connectivity index (χ0) is 14.1. The summed E-state index contributed by atoms with van der Waals surface area (Å²) in [6.07, 6.45) is 10.2. The van der Waals surface area contributed by atoms with Crippen molar-refractivity contribution in [3.63, 3.8) is 0 Å². The van der Waals surface area contributed by atoms with E-state index < -0.39 is 0 Å². The van der Waals surface area contributed by atoms with Crippen LogP contribution in [0.2, 0.25) is 0 Å². The van der Waals surface area contributed by atoms with E-state index in [0.717, 1.165) is 21.9 Å². The maximum Gasteiger partial charge on any atom is 0.264 e. The van der Waals surface area contributed by atoms with E-state index in [-0.39, 0.29) is 0 Å². The van der Waals surface area contributed by atoms with Crippen molar-refractivity contribution in [2.24, 2.45) is 0 Å². The molecule has 0 radical (unpaired) electrons. The van der Waals surface area contributed by atoms with E-state index in [1.54, 1.807) is 24.8 Å². The van der Waals surface area contributed by atoms with Crippen LogP contribution < -0.4 is 0 Å². The quantitative estimate of drug-likeness (QED) is 0.561. The van der Waals surface area contributed by atoms with Crippen LogP contribution in [0.25, 0.3) is 33.6 Å². The van der Waals surface area contributed by atoms with Gasteiger partial charge in [0.2, 0.25) is 5.82 Å². The Hall–Kier alpha value is -3.08. The number of rotatable bonds is 2. The molecule has 0 aliphatic carbocycles. The fraction of sp³-hybridized carbons (Fsp3) is 0. The van der Waals surface area contributed by atoms with Gasteiger partial charge in [0.1, 0.15) is 6.26 Å². The van der Waals surface area contributed by atoms with E-state index >= 15 is 0 Å². The first-order chi connectivity index (χ1) is 10.4. The summed E-state index contributed by atoms with van der Waals surface area (Å²) in [7, 11) is 0. The molecule has 4 aromatic rings. The summed E-state index contributed by atoms with van der Waals surface area (Å²) in [5.74, 6) is 0.899. The highest BCUT2D eigenvalue weighted by atomic mass is 16.3. The zero-order valence-electron chi connectivity index (χ0n) is 11.0. The molecule has 3 heterocycles. The van der Waals surface area contributed by atoms with Crippen molar-refractivity contribution < 1.29 is 4.42 Å². The van der Waals surface area contributed by atoms with Crippen molar-refractivity contribution in [3.05, 3.63) is 61.5 Å². The van der Waals surface area contributed by atoms with Gasteiger partial charge < -0.3 is 4.42 Å². The topological polar surface area (TPSA) is 64.7 Å². The Labute approximate surface area is 120 Å². The third-order valence-corrected chi connectivity index (χ3v) is 3.25. The Balaban J connectivity index is 1.74. The van der Waals surface area contributed by atoms with Gasteiger partial charge in [-0.15, -0.1) is 0 Å². The van der Waals surface area contributed by atoms with E-state index in [0.29, 0.717) is 11.7 Å². The fourth-order valence-electron chi connectivity index (χ4n) is 2.19. The van der Waals surface area contributed by atoms with E-state index in [4.69, 9.17) is 4.42 Å².